The van der Waals surface area contributed by atoms with Gasteiger partial charge in [0.15, 0.2) is 12.6 Å². The highest BCUT2D eigenvalue weighted by molar-refractivity contribution is 5.96. The van der Waals surface area contributed by atoms with Crippen LogP contribution in [0.3, 0.4) is 0 Å². The number of aliphatic hydroxyl groups excluding tert-OH is 3. The van der Waals surface area contributed by atoms with Crippen LogP contribution in [0.15, 0.2) is 30.5 Å². The Morgan fingerprint density at radius 3 is 2.26 bits per heavy atom. The molecule has 72 heavy (non-hydrogen) atoms. The van der Waals surface area contributed by atoms with Crippen LogP contribution in [-0.2, 0) is 44.4 Å². The van der Waals surface area contributed by atoms with Gasteiger partial charge in [0.1, 0.15) is 48.8 Å². The SMILES string of the molecule is CC[C@H]1OC(=O)[C@H](C)[C@@H](O[C@H]2C[C@@](C)(OC)[C@@H](O)[C@H](C)O2)C[C@@H](O[C@@H]2O[C@H](C)C[C@H](N(C)CCc3cn([C@H](CF)[C@H](OC)c4ccc(C(C)=N)cc4)nn3)[C@H]2O)[C@](C)(O)C[C@@H](C)CN(C)[C@H](C)[C@@H](O)[C@]1(C)O. The summed E-state index contributed by atoms with van der Waals surface area (Å²) in [7, 11) is 6.70. The number of methoxy groups -OCH3 is 2. The van der Waals surface area contributed by atoms with E-state index in [1.54, 1.807) is 66.8 Å². The summed E-state index contributed by atoms with van der Waals surface area (Å²) in [6, 6.07) is 5.38. The van der Waals surface area contributed by atoms with Crippen LogP contribution in [0.4, 0.5) is 4.39 Å². The van der Waals surface area contributed by atoms with Crippen molar-refractivity contribution in [3.63, 3.8) is 0 Å². The summed E-state index contributed by atoms with van der Waals surface area (Å²) in [6.07, 6.45) is -7.99. The van der Waals surface area contributed by atoms with Crippen molar-refractivity contribution < 1.29 is 67.9 Å². The maximum Gasteiger partial charge on any atom is 0.311 e. The molecule has 5 rings (SSSR count). The summed E-state index contributed by atoms with van der Waals surface area (Å²) in [6.45, 7) is 17.3. The van der Waals surface area contributed by atoms with Gasteiger partial charge in [0, 0.05) is 70.6 Å². The number of hydrogen-bond donors (Lipinski definition) is 6. The predicted molar refractivity (Wildman–Crippen MR) is 266 cm³/mol. The van der Waals surface area contributed by atoms with Crippen LogP contribution in [0.2, 0.25) is 0 Å². The molecule has 1 aromatic carbocycles. The van der Waals surface area contributed by atoms with Crippen molar-refractivity contribution in [1.82, 2.24) is 24.8 Å². The smallest absolute Gasteiger partial charge is 0.311 e. The first-order valence-corrected chi connectivity index (χ1v) is 25.6. The quantitative estimate of drug-likeness (QED) is 0.102. The van der Waals surface area contributed by atoms with Gasteiger partial charge in [-0.1, -0.05) is 43.3 Å². The highest BCUT2D eigenvalue weighted by Gasteiger charge is 2.51. The van der Waals surface area contributed by atoms with Gasteiger partial charge in [0.2, 0.25) is 0 Å². The summed E-state index contributed by atoms with van der Waals surface area (Å²) in [4.78, 5) is 18.2. The average molecular weight is 1020 g/mol. The second-order valence-corrected chi connectivity index (χ2v) is 21.8. The first-order chi connectivity index (χ1) is 33.7. The highest BCUT2D eigenvalue weighted by atomic mass is 19.1. The standard InChI is InChI=1S/C52H87FN6O13/c1-15-41-52(10,65)46(61)33(6)58(12)27-29(2)24-50(8,64)42(23-40(31(4)48(63)71-41)70-43-25-51(9,67-14)47(62)34(7)69-43)72-49-44(60)38(22-30(3)68-49)57(11)21-20-37-28-59(56-55-37)39(26-53)45(66-13)36-18-16-35(17-19-36)32(5)54/h16-19,28-31,33-34,38-47,49,54,60-62,64-65H,15,20-27H2,1-14H3/t29-,30-,31-,33-,34+,38+,39-,40+,41-,42-,43+,44-,45-,46-,47+,49+,50-,51-,52-/m1/s1. The van der Waals surface area contributed by atoms with E-state index in [0.29, 0.717) is 37.3 Å². The minimum atomic E-state index is -1.84. The van der Waals surface area contributed by atoms with Crippen molar-refractivity contribution in [2.45, 2.75) is 210 Å². The molecule has 3 fully saturated rings. The number of ether oxygens (including phenoxy) is 7. The number of likely N-dealkylation sites (N-methyl/N-ethyl adjacent to an activating group) is 2. The number of esters is 1. The molecule has 0 aliphatic carbocycles. The van der Waals surface area contributed by atoms with E-state index in [4.69, 9.17) is 38.6 Å². The summed E-state index contributed by atoms with van der Waals surface area (Å²) >= 11 is 0. The van der Waals surface area contributed by atoms with E-state index in [9.17, 15) is 34.7 Å². The molecule has 1 aromatic heterocycles. The van der Waals surface area contributed by atoms with Crippen LogP contribution in [0, 0.1) is 17.2 Å². The molecule has 6 N–H and O–H groups in total. The van der Waals surface area contributed by atoms with Crippen molar-refractivity contribution in [2.75, 3.05) is 48.1 Å². The first kappa shape index (κ1) is 59.8. The van der Waals surface area contributed by atoms with Gasteiger partial charge in [0.05, 0.1) is 47.2 Å². The predicted octanol–water partition coefficient (Wildman–Crippen LogP) is 4.15. The number of cyclic esters (lactones) is 1. The second-order valence-electron chi connectivity index (χ2n) is 21.8. The van der Waals surface area contributed by atoms with Gasteiger partial charge in [-0.25, -0.2) is 9.07 Å². The number of carbonyl (C=O) groups excluding carboxylic acids is 1. The molecule has 19 atom stereocenters. The van der Waals surface area contributed by atoms with E-state index in [2.05, 4.69) is 10.3 Å². The number of aromatic nitrogens is 3. The molecule has 0 saturated carbocycles. The number of nitrogens with zero attached hydrogens (tertiary/aromatic N) is 5. The number of alkyl halides is 1. The van der Waals surface area contributed by atoms with Crippen molar-refractivity contribution >= 4 is 11.7 Å². The zero-order chi connectivity index (χ0) is 53.6. The minimum absolute atomic E-state index is 0.0897. The van der Waals surface area contributed by atoms with Gasteiger partial charge in [-0.15, -0.1) is 5.10 Å². The summed E-state index contributed by atoms with van der Waals surface area (Å²) < 4.78 is 59.8. The molecule has 20 heteroatoms. The Bertz CT molecular complexity index is 2030. The van der Waals surface area contributed by atoms with Crippen LogP contribution in [0.5, 0.6) is 0 Å². The molecule has 410 valence electrons. The van der Waals surface area contributed by atoms with Crippen molar-refractivity contribution in [1.29, 1.82) is 5.41 Å². The Hall–Kier alpha value is -3.09. The molecular weight excluding hydrogens is 936 g/mol. The molecule has 3 aliphatic rings. The molecule has 4 heterocycles. The third kappa shape index (κ3) is 14.0. The van der Waals surface area contributed by atoms with E-state index in [1.165, 1.54) is 25.8 Å². The lowest BCUT2D eigenvalue weighted by Crippen LogP contribution is -2.59. The fourth-order valence-corrected chi connectivity index (χ4v) is 10.8. The summed E-state index contributed by atoms with van der Waals surface area (Å²) in [5.74, 6) is -2.00. The number of nitrogens with one attached hydrogen (secondary N) is 1. The monoisotopic (exact) mass is 1020 g/mol. The number of rotatable bonds is 16. The number of halogens is 1. The van der Waals surface area contributed by atoms with E-state index in [1.807, 2.05) is 49.9 Å². The van der Waals surface area contributed by atoms with Gasteiger partial charge < -0.3 is 73.9 Å². The van der Waals surface area contributed by atoms with Crippen LogP contribution in [0.1, 0.15) is 130 Å². The average Bonchev–Trinajstić information content (AvgIpc) is 3.80. The molecule has 0 radical (unpaired) electrons. The molecule has 0 bridgehead atoms. The van der Waals surface area contributed by atoms with Crippen LogP contribution >= 0.6 is 0 Å². The largest absolute Gasteiger partial charge is 0.459 e. The summed E-state index contributed by atoms with van der Waals surface area (Å²) in [5.41, 5.74) is -2.04. The fraction of sp³-hybridized carbons (Fsp3) is 0.808. The lowest BCUT2D eigenvalue weighted by atomic mass is 9.83. The molecule has 3 aliphatic heterocycles. The van der Waals surface area contributed by atoms with Crippen LogP contribution < -0.4 is 0 Å². The van der Waals surface area contributed by atoms with Gasteiger partial charge in [0.25, 0.3) is 0 Å². The molecule has 19 nitrogen and oxygen atoms in total. The topological polar surface area (TPSA) is 244 Å². The molecule has 0 amide bonds. The number of benzene rings is 1. The normalized spacial score (nSPS) is 38.9. The van der Waals surface area contributed by atoms with E-state index >= 15 is 0 Å². The molecule has 0 spiro atoms. The lowest BCUT2D eigenvalue weighted by molar-refractivity contribution is -0.308. The second kappa shape index (κ2) is 25.2. The highest BCUT2D eigenvalue weighted by Crippen LogP contribution is 2.39. The maximum absolute atomic E-state index is 14.7. The van der Waals surface area contributed by atoms with Gasteiger partial charge >= 0.3 is 5.97 Å². The van der Waals surface area contributed by atoms with Crippen molar-refractivity contribution in [2.24, 2.45) is 11.8 Å². The van der Waals surface area contributed by atoms with Crippen molar-refractivity contribution in [3.8, 4) is 0 Å². The zero-order valence-corrected chi connectivity index (χ0v) is 45.1. The minimum Gasteiger partial charge on any atom is -0.459 e. The number of aliphatic hydroxyl groups is 5. The Kier molecular flexibility index (Phi) is 20.9. The zero-order valence-electron chi connectivity index (χ0n) is 45.1. The molecule has 0 unspecified atom stereocenters. The molecule has 3 saturated heterocycles. The first-order valence-electron chi connectivity index (χ1n) is 25.6. The number of hydrogen-bond acceptors (Lipinski definition) is 18. The third-order valence-electron chi connectivity index (χ3n) is 15.8. The maximum atomic E-state index is 14.7. The Morgan fingerprint density at radius 1 is 1.00 bits per heavy atom. The fourth-order valence-electron chi connectivity index (χ4n) is 10.8. The number of carbonyl (C=O) groups is 1. The van der Waals surface area contributed by atoms with Gasteiger partial charge in [-0.05, 0) is 106 Å². The molecular formula is C52H87FN6O13. The lowest BCUT2D eigenvalue weighted by Gasteiger charge is -2.47. The summed E-state index contributed by atoms with van der Waals surface area (Å²) in [5, 5.41) is 75.9. The molecule has 2 aromatic rings. The Morgan fingerprint density at radius 2 is 1.67 bits per heavy atom. The van der Waals surface area contributed by atoms with Gasteiger partial charge in [-0.2, -0.15) is 0 Å². The third-order valence-corrected chi connectivity index (χ3v) is 15.8. The van der Waals surface area contributed by atoms with E-state index < -0.39 is 121 Å². The van der Waals surface area contributed by atoms with Crippen molar-refractivity contribution in [3.05, 3.63) is 47.3 Å². The van der Waals surface area contributed by atoms with E-state index in [-0.39, 0.29) is 31.6 Å². The Balaban J connectivity index is 1.42. The van der Waals surface area contributed by atoms with E-state index in [0.717, 1.165) is 11.1 Å². The van der Waals surface area contributed by atoms with Crippen LogP contribution in [-0.4, -0.2) is 200 Å². The Labute approximate surface area is 426 Å². The van der Waals surface area contributed by atoms with Crippen LogP contribution in [0.25, 0.3) is 0 Å². The van der Waals surface area contributed by atoms with Gasteiger partial charge in [-0.3, -0.25) is 4.79 Å².